The molecule has 0 heterocycles. The summed E-state index contributed by atoms with van der Waals surface area (Å²) in [6.45, 7) is 0. The van der Waals surface area contributed by atoms with Crippen LogP contribution in [0.2, 0.25) is 0 Å². The Kier molecular flexibility index (Phi) is 12.6. The van der Waals surface area contributed by atoms with Crippen molar-refractivity contribution in [3.63, 3.8) is 0 Å². The Morgan fingerprint density at radius 3 is 1.17 bits per heavy atom. The van der Waals surface area contributed by atoms with Gasteiger partial charge < -0.3 is 0 Å². The van der Waals surface area contributed by atoms with Crippen LogP contribution in [0.4, 0.5) is 0 Å². The highest BCUT2D eigenvalue weighted by Crippen LogP contribution is 2.34. The quantitative estimate of drug-likeness (QED) is 0.219. The highest BCUT2D eigenvalue weighted by Gasteiger charge is 2.18. The molecule has 0 aliphatic heterocycles. The summed E-state index contributed by atoms with van der Waals surface area (Å²) in [6, 6.07) is 0. The van der Waals surface area contributed by atoms with Crippen LogP contribution >= 0.6 is 91.2 Å². The van der Waals surface area contributed by atoms with Gasteiger partial charge in [-0.15, -0.1) is 0 Å². The SMILES string of the molecule is ClC(Cl)(Cl)CCCCSSCCCCC(Cl)(Cl)Cl. The molecule has 0 nitrogen and oxygen atoms in total. The lowest BCUT2D eigenvalue weighted by Crippen LogP contribution is -2.01. The van der Waals surface area contributed by atoms with Gasteiger partial charge in [0, 0.05) is 11.5 Å². The molecular formula is C10H16Cl6S2. The standard InChI is InChI=1S/C10H16Cl6S2/c11-9(12,13)5-1-3-7-17-18-8-4-2-6-10(14,15)16/h1-8H2. The average Bonchev–Trinajstić information content (AvgIpc) is 2.17. The highest BCUT2D eigenvalue weighted by molar-refractivity contribution is 8.76. The summed E-state index contributed by atoms with van der Waals surface area (Å²) in [7, 11) is 3.70. The first kappa shape index (κ1) is 20.4. The summed E-state index contributed by atoms with van der Waals surface area (Å²) in [5.41, 5.74) is 0. The van der Waals surface area contributed by atoms with Crippen molar-refractivity contribution < 1.29 is 0 Å². The van der Waals surface area contributed by atoms with Crippen LogP contribution in [-0.4, -0.2) is 19.1 Å². The first-order chi connectivity index (χ1) is 8.21. The average molecular weight is 413 g/mol. The lowest BCUT2D eigenvalue weighted by Gasteiger charge is -2.10. The normalized spacial score (nSPS) is 13.0. The van der Waals surface area contributed by atoms with Crippen LogP contribution in [0.15, 0.2) is 0 Å². The molecule has 0 fully saturated rings. The van der Waals surface area contributed by atoms with Gasteiger partial charge in [-0.25, -0.2) is 0 Å². The van der Waals surface area contributed by atoms with E-state index >= 15 is 0 Å². The van der Waals surface area contributed by atoms with Crippen molar-refractivity contribution in [2.45, 2.75) is 46.1 Å². The van der Waals surface area contributed by atoms with E-state index in [9.17, 15) is 0 Å². The number of alkyl halides is 6. The molecule has 0 saturated carbocycles. The van der Waals surface area contributed by atoms with E-state index in [0.29, 0.717) is 12.8 Å². The lowest BCUT2D eigenvalue weighted by molar-refractivity contribution is 0.738. The molecule has 0 aliphatic carbocycles. The summed E-state index contributed by atoms with van der Waals surface area (Å²) >= 11 is 33.9. The van der Waals surface area contributed by atoms with Crippen LogP contribution in [0, 0.1) is 0 Å². The van der Waals surface area contributed by atoms with Crippen LogP contribution in [0.1, 0.15) is 38.5 Å². The topological polar surface area (TPSA) is 0 Å². The first-order valence-corrected chi connectivity index (χ1v) is 10.3. The van der Waals surface area contributed by atoms with Crippen LogP contribution in [0.3, 0.4) is 0 Å². The second kappa shape index (κ2) is 11.1. The van der Waals surface area contributed by atoms with Crippen molar-refractivity contribution in [3.05, 3.63) is 0 Å². The molecule has 8 heteroatoms. The van der Waals surface area contributed by atoms with E-state index < -0.39 is 7.59 Å². The maximum atomic E-state index is 5.65. The molecule has 0 N–H and O–H groups in total. The summed E-state index contributed by atoms with van der Waals surface area (Å²) in [4.78, 5) is 0. The van der Waals surface area contributed by atoms with Crippen LogP contribution in [-0.2, 0) is 0 Å². The molecule has 0 amide bonds. The second-order valence-electron chi connectivity index (χ2n) is 3.79. The molecule has 0 bridgehead atoms. The molecule has 0 unspecified atom stereocenters. The predicted octanol–water partition coefficient (Wildman–Crippen LogP) is 7.45. The van der Waals surface area contributed by atoms with Crippen molar-refractivity contribution in [3.8, 4) is 0 Å². The van der Waals surface area contributed by atoms with Gasteiger partial charge in [-0.2, -0.15) is 0 Å². The fourth-order valence-electron chi connectivity index (χ4n) is 1.09. The molecule has 18 heavy (non-hydrogen) atoms. The van der Waals surface area contributed by atoms with Crippen LogP contribution < -0.4 is 0 Å². The third kappa shape index (κ3) is 18.4. The molecule has 0 aromatic carbocycles. The number of halogens is 6. The Morgan fingerprint density at radius 2 is 0.889 bits per heavy atom. The highest BCUT2D eigenvalue weighted by atomic mass is 35.6. The fraction of sp³-hybridized carbons (Fsp3) is 1.00. The van der Waals surface area contributed by atoms with Crippen LogP contribution in [0.5, 0.6) is 0 Å². The molecule has 0 saturated heterocycles. The van der Waals surface area contributed by atoms with E-state index in [1.54, 1.807) is 0 Å². The van der Waals surface area contributed by atoms with E-state index in [1.165, 1.54) is 0 Å². The molecule has 0 rings (SSSR count). The first-order valence-electron chi connectivity index (χ1n) is 5.59. The Labute approximate surface area is 147 Å². The van der Waals surface area contributed by atoms with Crippen molar-refractivity contribution in [1.29, 1.82) is 0 Å². The lowest BCUT2D eigenvalue weighted by atomic mass is 10.3. The molecule has 110 valence electrons. The Bertz CT molecular complexity index is 180. The molecule has 0 atom stereocenters. The maximum Gasteiger partial charge on any atom is 0.190 e. The second-order valence-corrected chi connectivity index (χ2v) is 11.5. The number of hydrogen-bond acceptors (Lipinski definition) is 2. The van der Waals surface area contributed by atoms with Gasteiger partial charge >= 0.3 is 0 Å². The monoisotopic (exact) mass is 410 g/mol. The molecule has 0 aromatic heterocycles. The van der Waals surface area contributed by atoms with Gasteiger partial charge in [-0.05, 0) is 38.5 Å². The fourth-order valence-corrected chi connectivity index (χ4v) is 4.19. The minimum atomic E-state index is -1.10. The molecule has 0 aliphatic rings. The maximum absolute atomic E-state index is 5.65. The summed E-state index contributed by atoms with van der Waals surface area (Å²) in [6.07, 6.45) is 5.26. The van der Waals surface area contributed by atoms with Crippen molar-refractivity contribution in [2.75, 3.05) is 11.5 Å². The zero-order valence-corrected chi connectivity index (χ0v) is 15.9. The third-order valence-corrected chi connectivity index (χ3v) is 5.67. The van der Waals surface area contributed by atoms with E-state index in [-0.39, 0.29) is 0 Å². The number of hydrogen-bond donors (Lipinski definition) is 0. The van der Waals surface area contributed by atoms with Gasteiger partial charge in [0.05, 0.1) is 0 Å². The van der Waals surface area contributed by atoms with Gasteiger partial charge in [0.2, 0.25) is 0 Å². The molecule has 0 radical (unpaired) electrons. The van der Waals surface area contributed by atoms with E-state index in [1.807, 2.05) is 21.6 Å². The summed E-state index contributed by atoms with van der Waals surface area (Å²) in [5.74, 6) is 2.16. The molecule has 0 spiro atoms. The third-order valence-electron chi connectivity index (χ3n) is 1.96. The minimum Gasteiger partial charge on any atom is -0.0942 e. The summed E-state index contributed by atoms with van der Waals surface area (Å²) in [5, 5.41) is 0. The van der Waals surface area contributed by atoms with Gasteiger partial charge in [0.1, 0.15) is 0 Å². The molecule has 0 aromatic rings. The zero-order valence-electron chi connectivity index (χ0n) is 9.74. The Hall–Kier alpha value is 2.44. The van der Waals surface area contributed by atoms with Crippen molar-refractivity contribution >= 4 is 91.2 Å². The Morgan fingerprint density at radius 1 is 0.556 bits per heavy atom. The summed E-state index contributed by atoms with van der Waals surface area (Å²) < 4.78 is -2.20. The van der Waals surface area contributed by atoms with Crippen LogP contribution in [0.25, 0.3) is 0 Å². The van der Waals surface area contributed by atoms with E-state index in [2.05, 4.69) is 0 Å². The van der Waals surface area contributed by atoms with Gasteiger partial charge in [-0.1, -0.05) is 91.2 Å². The van der Waals surface area contributed by atoms with Gasteiger partial charge in [0.15, 0.2) is 7.59 Å². The molecular weight excluding hydrogens is 397 g/mol. The Balaban J connectivity index is 3.13. The number of rotatable bonds is 9. The van der Waals surface area contributed by atoms with Gasteiger partial charge in [0.25, 0.3) is 0 Å². The number of unbranched alkanes of at least 4 members (excludes halogenated alkanes) is 2. The van der Waals surface area contributed by atoms with Crippen molar-refractivity contribution in [1.82, 2.24) is 0 Å². The minimum absolute atomic E-state index is 0.617. The smallest absolute Gasteiger partial charge is 0.0942 e. The predicted molar refractivity (Wildman–Crippen MR) is 93.2 cm³/mol. The largest absolute Gasteiger partial charge is 0.190 e. The zero-order chi connectivity index (χ0) is 14.1. The van der Waals surface area contributed by atoms with Crippen molar-refractivity contribution in [2.24, 2.45) is 0 Å². The van der Waals surface area contributed by atoms with Gasteiger partial charge in [-0.3, -0.25) is 0 Å². The van der Waals surface area contributed by atoms with E-state index in [0.717, 1.165) is 37.2 Å². The van der Waals surface area contributed by atoms with E-state index in [4.69, 9.17) is 69.6 Å².